The van der Waals surface area contributed by atoms with Gasteiger partial charge in [0.1, 0.15) is 5.69 Å². The minimum atomic E-state index is -0.649. The molecule has 2 saturated heterocycles. The number of fused-ring (bicyclic) bond motifs is 1. The van der Waals surface area contributed by atoms with E-state index in [0.29, 0.717) is 18.4 Å². The molecule has 2 aliphatic rings. The van der Waals surface area contributed by atoms with Crippen molar-refractivity contribution in [2.45, 2.75) is 13.0 Å². The molecule has 0 aromatic carbocycles. The van der Waals surface area contributed by atoms with E-state index in [-0.39, 0.29) is 17.6 Å². The molecule has 3 unspecified atom stereocenters. The van der Waals surface area contributed by atoms with E-state index in [1.54, 1.807) is 4.90 Å². The van der Waals surface area contributed by atoms with Crippen LogP contribution in [0.2, 0.25) is 0 Å². The third-order valence-corrected chi connectivity index (χ3v) is 4.19. The standard InChI is InChI=1S/C12H16N4O3/c1-6-8-4-13-3-7(8)5-16(6)11(18)9-2-10(17)15-12(19)14-9/h2,6-8,13H,3-5H2,1H3,(H2,14,15,17,19). The lowest BCUT2D eigenvalue weighted by Gasteiger charge is -2.24. The van der Waals surface area contributed by atoms with Crippen molar-refractivity contribution in [1.82, 2.24) is 20.2 Å². The van der Waals surface area contributed by atoms with Gasteiger partial charge in [0.15, 0.2) is 0 Å². The van der Waals surface area contributed by atoms with Crippen LogP contribution in [-0.2, 0) is 0 Å². The highest BCUT2D eigenvalue weighted by Gasteiger charge is 2.44. The van der Waals surface area contributed by atoms with Crippen LogP contribution in [0.3, 0.4) is 0 Å². The van der Waals surface area contributed by atoms with Crippen molar-refractivity contribution in [2.75, 3.05) is 19.6 Å². The number of carbonyl (C=O) groups excluding carboxylic acids is 1. The number of nitrogens with zero attached hydrogens (tertiary/aromatic N) is 1. The van der Waals surface area contributed by atoms with Crippen molar-refractivity contribution in [3.05, 3.63) is 32.6 Å². The smallest absolute Gasteiger partial charge is 0.326 e. The van der Waals surface area contributed by atoms with Crippen LogP contribution in [0.1, 0.15) is 17.4 Å². The van der Waals surface area contributed by atoms with Crippen LogP contribution >= 0.6 is 0 Å². The molecule has 0 spiro atoms. The monoisotopic (exact) mass is 264 g/mol. The first-order valence-electron chi connectivity index (χ1n) is 6.41. The van der Waals surface area contributed by atoms with Gasteiger partial charge in [0.05, 0.1) is 0 Å². The first-order chi connectivity index (χ1) is 9.06. The summed E-state index contributed by atoms with van der Waals surface area (Å²) < 4.78 is 0. The highest BCUT2D eigenvalue weighted by molar-refractivity contribution is 5.92. The lowest BCUT2D eigenvalue weighted by molar-refractivity contribution is 0.0722. The lowest BCUT2D eigenvalue weighted by atomic mass is 9.95. The number of aromatic amines is 2. The molecular weight excluding hydrogens is 248 g/mol. The first kappa shape index (κ1) is 12.2. The van der Waals surface area contributed by atoms with Crippen LogP contribution in [-0.4, -0.2) is 46.5 Å². The molecule has 7 nitrogen and oxygen atoms in total. The Labute approximate surface area is 109 Å². The van der Waals surface area contributed by atoms with Crippen LogP contribution in [0.5, 0.6) is 0 Å². The Morgan fingerprint density at radius 3 is 2.79 bits per heavy atom. The van der Waals surface area contributed by atoms with Gasteiger partial charge in [-0.05, 0) is 18.8 Å². The van der Waals surface area contributed by atoms with Crippen molar-refractivity contribution >= 4 is 5.91 Å². The normalized spacial score (nSPS) is 29.5. The van der Waals surface area contributed by atoms with E-state index < -0.39 is 11.2 Å². The van der Waals surface area contributed by atoms with Gasteiger partial charge in [0.25, 0.3) is 11.5 Å². The number of hydrogen-bond donors (Lipinski definition) is 3. The summed E-state index contributed by atoms with van der Waals surface area (Å²) in [5.74, 6) is 0.649. The topological polar surface area (TPSA) is 98.1 Å². The minimum absolute atomic E-state index is 0.0635. The molecule has 3 rings (SSSR count). The maximum absolute atomic E-state index is 12.4. The second kappa shape index (κ2) is 4.34. The highest BCUT2D eigenvalue weighted by atomic mass is 16.2. The molecule has 0 saturated carbocycles. The molecule has 3 N–H and O–H groups in total. The minimum Gasteiger partial charge on any atom is -0.334 e. The molecular formula is C12H16N4O3. The Morgan fingerprint density at radius 1 is 1.32 bits per heavy atom. The summed E-state index contributed by atoms with van der Waals surface area (Å²) in [6.07, 6.45) is 0. The highest BCUT2D eigenvalue weighted by Crippen LogP contribution is 2.32. The Balaban J connectivity index is 1.88. The van der Waals surface area contributed by atoms with E-state index in [1.807, 2.05) is 6.92 Å². The molecule has 1 amide bonds. The average molecular weight is 264 g/mol. The van der Waals surface area contributed by atoms with Crippen molar-refractivity contribution < 1.29 is 4.79 Å². The summed E-state index contributed by atoms with van der Waals surface area (Å²) >= 11 is 0. The number of H-pyrrole nitrogens is 2. The Morgan fingerprint density at radius 2 is 2.11 bits per heavy atom. The maximum Gasteiger partial charge on any atom is 0.326 e. The van der Waals surface area contributed by atoms with E-state index in [2.05, 4.69) is 15.3 Å². The fraction of sp³-hybridized carbons (Fsp3) is 0.583. The second-order valence-electron chi connectivity index (χ2n) is 5.28. The molecule has 0 aliphatic carbocycles. The zero-order chi connectivity index (χ0) is 13.6. The number of carbonyl (C=O) groups is 1. The molecule has 2 fully saturated rings. The third kappa shape index (κ3) is 1.99. The maximum atomic E-state index is 12.4. The summed E-state index contributed by atoms with van der Waals surface area (Å²) in [6.45, 7) is 4.53. The molecule has 1 aromatic rings. The molecule has 1 aromatic heterocycles. The fourth-order valence-corrected chi connectivity index (χ4v) is 3.17. The van der Waals surface area contributed by atoms with Crippen molar-refractivity contribution in [2.24, 2.45) is 11.8 Å². The molecule has 3 atom stereocenters. The van der Waals surface area contributed by atoms with E-state index >= 15 is 0 Å². The van der Waals surface area contributed by atoms with Crippen molar-refractivity contribution in [1.29, 1.82) is 0 Å². The first-order valence-corrected chi connectivity index (χ1v) is 6.41. The summed E-state index contributed by atoms with van der Waals surface area (Å²) in [7, 11) is 0. The summed E-state index contributed by atoms with van der Waals surface area (Å²) in [4.78, 5) is 41.0. The predicted molar refractivity (Wildman–Crippen MR) is 68.0 cm³/mol. The van der Waals surface area contributed by atoms with Gasteiger partial charge in [0.2, 0.25) is 0 Å². The van der Waals surface area contributed by atoms with Crippen LogP contribution in [0.4, 0.5) is 0 Å². The van der Waals surface area contributed by atoms with Crippen molar-refractivity contribution in [3.63, 3.8) is 0 Å². The lowest BCUT2D eigenvalue weighted by Crippen LogP contribution is -2.40. The summed E-state index contributed by atoms with van der Waals surface area (Å²) in [5, 5.41) is 3.32. The van der Waals surface area contributed by atoms with Crippen LogP contribution in [0.15, 0.2) is 15.7 Å². The van der Waals surface area contributed by atoms with Crippen LogP contribution < -0.4 is 16.6 Å². The number of hydrogen-bond acceptors (Lipinski definition) is 4. The predicted octanol–water partition coefficient (Wildman–Crippen LogP) is -1.26. The molecule has 7 heteroatoms. The van der Waals surface area contributed by atoms with Gasteiger partial charge in [-0.25, -0.2) is 4.79 Å². The average Bonchev–Trinajstić information content (AvgIpc) is 2.91. The van der Waals surface area contributed by atoms with Crippen molar-refractivity contribution in [3.8, 4) is 0 Å². The number of nitrogens with one attached hydrogen (secondary N) is 3. The van der Waals surface area contributed by atoms with E-state index in [9.17, 15) is 14.4 Å². The van der Waals surface area contributed by atoms with Gasteiger partial charge in [-0.15, -0.1) is 0 Å². The zero-order valence-electron chi connectivity index (χ0n) is 10.6. The Hall–Kier alpha value is -1.89. The van der Waals surface area contributed by atoms with Gasteiger partial charge >= 0.3 is 5.69 Å². The molecule has 102 valence electrons. The number of aromatic nitrogens is 2. The second-order valence-corrected chi connectivity index (χ2v) is 5.28. The molecule has 0 radical (unpaired) electrons. The number of rotatable bonds is 1. The van der Waals surface area contributed by atoms with Gasteiger partial charge in [-0.3, -0.25) is 14.6 Å². The molecule has 19 heavy (non-hydrogen) atoms. The summed E-state index contributed by atoms with van der Waals surface area (Å²) in [5.41, 5.74) is -1.14. The fourth-order valence-electron chi connectivity index (χ4n) is 3.17. The van der Waals surface area contributed by atoms with Crippen LogP contribution in [0, 0.1) is 11.8 Å². The largest absolute Gasteiger partial charge is 0.334 e. The van der Waals surface area contributed by atoms with Gasteiger partial charge in [-0.2, -0.15) is 0 Å². The summed E-state index contributed by atoms with van der Waals surface area (Å²) in [6, 6.07) is 1.26. The number of likely N-dealkylation sites (tertiary alicyclic amines) is 1. The van der Waals surface area contributed by atoms with Gasteiger partial charge < -0.3 is 15.2 Å². The Bertz CT molecular complexity index is 592. The van der Waals surface area contributed by atoms with E-state index in [0.717, 1.165) is 19.2 Å². The van der Waals surface area contributed by atoms with E-state index in [1.165, 1.54) is 0 Å². The molecule has 3 heterocycles. The quantitative estimate of drug-likeness (QED) is 0.590. The molecule has 2 aliphatic heterocycles. The molecule has 0 bridgehead atoms. The third-order valence-electron chi connectivity index (χ3n) is 4.19. The van der Waals surface area contributed by atoms with Gasteiger partial charge in [0, 0.05) is 31.7 Å². The van der Waals surface area contributed by atoms with E-state index in [4.69, 9.17) is 0 Å². The van der Waals surface area contributed by atoms with Crippen LogP contribution in [0.25, 0.3) is 0 Å². The Kier molecular flexibility index (Phi) is 2.78. The zero-order valence-corrected chi connectivity index (χ0v) is 10.6. The number of amides is 1. The SMILES string of the molecule is CC1C2CNCC2CN1C(=O)c1cc(=O)[nH]c(=O)[nH]1. The van der Waals surface area contributed by atoms with Gasteiger partial charge in [-0.1, -0.05) is 0 Å².